The van der Waals surface area contributed by atoms with Gasteiger partial charge >= 0.3 is 0 Å². The van der Waals surface area contributed by atoms with Crippen LogP contribution in [0.15, 0.2) is 65.3 Å². The van der Waals surface area contributed by atoms with E-state index in [2.05, 4.69) is 15.9 Å². The van der Waals surface area contributed by atoms with Crippen molar-refractivity contribution in [3.8, 4) is 0 Å². The van der Waals surface area contributed by atoms with Crippen LogP contribution in [-0.4, -0.2) is 5.78 Å². The number of hydrogen-bond acceptors (Lipinski definition) is 1. The number of carbonyl (C=O) groups is 1. The number of fused-ring (bicyclic) bond motifs is 1. The second-order valence-corrected chi connectivity index (χ2v) is 5.69. The van der Waals surface area contributed by atoms with Crippen LogP contribution in [0.25, 0.3) is 10.9 Å². The molecule has 0 aliphatic rings. The summed E-state index contributed by atoms with van der Waals surface area (Å²) in [5.74, 6) is -0.393. The van der Waals surface area contributed by atoms with E-state index in [0.717, 1.165) is 15.4 Å². The average Bonchev–Trinajstić information content (AvgIpc) is 2.47. The molecular formula is C17H12Br2FNO. The van der Waals surface area contributed by atoms with E-state index < -0.39 is 0 Å². The van der Waals surface area contributed by atoms with Crippen LogP contribution in [0.5, 0.6) is 0 Å². The molecule has 0 aliphatic carbocycles. The lowest BCUT2D eigenvalue weighted by atomic mass is 10.1. The van der Waals surface area contributed by atoms with Crippen LogP contribution in [0.2, 0.25) is 0 Å². The third kappa shape index (κ3) is 3.59. The number of ketones is 1. The summed E-state index contributed by atoms with van der Waals surface area (Å²) in [7, 11) is 0. The molecule has 0 bridgehead atoms. The molecule has 1 heterocycles. The van der Waals surface area contributed by atoms with Crippen molar-refractivity contribution in [2.24, 2.45) is 0 Å². The maximum Gasteiger partial charge on any atom is 0.227 e. The third-order valence-electron chi connectivity index (χ3n) is 3.30. The van der Waals surface area contributed by atoms with Gasteiger partial charge in [-0.3, -0.25) is 4.79 Å². The van der Waals surface area contributed by atoms with Gasteiger partial charge in [-0.15, -0.1) is 0 Å². The molecule has 0 radical (unpaired) electrons. The zero-order valence-corrected chi connectivity index (χ0v) is 14.6. The summed E-state index contributed by atoms with van der Waals surface area (Å²) in [5.41, 5.74) is 1.49. The molecule has 3 rings (SSSR count). The Kier molecular flexibility index (Phi) is 5.42. The lowest BCUT2D eigenvalue weighted by Crippen LogP contribution is -3.00. The number of pyridine rings is 1. The van der Waals surface area contributed by atoms with Gasteiger partial charge < -0.3 is 17.0 Å². The van der Waals surface area contributed by atoms with E-state index in [1.807, 2.05) is 41.1 Å². The Labute approximate surface area is 146 Å². The van der Waals surface area contributed by atoms with Crippen molar-refractivity contribution in [1.29, 1.82) is 0 Å². The molecule has 0 N–H and O–H groups in total. The highest BCUT2D eigenvalue weighted by atomic mass is 79.9. The lowest BCUT2D eigenvalue weighted by Gasteiger charge is -2.03. The van der Waals surface area contributed by atoms with Crippen molar-refractivity contribution < 1.29 is 30.7 Å². The van der Waals surface area contributed by atoms with Gasteiger partial charge in [0, 0.05) is 17.0 Å². The molecule has 5 heteroatoms. The van der Waals surface area contributed by atoms with Crippen molar-refractivity contribution in [2.75, 3.05) is 0 Å². The van der Waals surface area contributed by atoms with Gasteiger partial charge in [-0.2, -0.15) is 4.57 Å². The Balaban J connectivity index is 0.00000176. The van der Waals surface area contributed by atoms with Gasteiger partial charge in [0.2, 0.25) is 17.8 Å². The summed E-state index contributed by atoms with van der Waals surface area (Å²) in [4.78, 5) is 12.3. The number of rotatable bonds is 3. The first-order valence-corrected chi connectivity index (χ1v) is 7.29. The SMILES string of the molecule is O=C(C[n+]1cc(Br)cc2ccccc21)c1ccc(F)cc1.[Br-]. The van der Waals surface area contributed by atoms with Gasteiger partial charge in [-0.1, -0.05) is 12.1 Å². The summed E-state index contributed by atoms with van der Waals surface area (Å²) in [5, 5.41) is 1.05. The number of Topliss-reactive ketones (excluding diaryl/α,β-unsaturated/α-hetero) is 1. The standard InChI is InChI=1S/C17H12BrFNO.BrH/c18-14-9-13-3-1-2-4-16(13)20(10-14)11-17(21)12-5-7-15(19)8-6-12;/h1-10H,11H2;1H/q+1;/p-1. The molecule has 0 saturated carbocycles. The first kappa shape index (κ1) is 16.8. The van der Waals surface area contributed by atoms with E-state index in [-0.39, 0.29) is 35.1 Å². The Morgan fingerprint density at radius 1 is 1.09 bits per heavy atom. The van der Waals surface area contributed by atoms with E-state index in [0.29, 0.717) is 5.56 Å². The molecule has 0 unspecified atom stereocenters. The molecule has 0 atom stereocenters. The van der Waals surface area contributed by atoms with Crippen molar-refractivity contribution in [1.82, 2.24) is 0 Å². The van der Waals surface area contributed by atoms with Crippen LogP contribution in [0.4, 0.5) is 4.39 Å². The van der Waals surface area contributed by atoms with Crippen molar-refractivity contribution in [3.63, 3.8) is 0 Å². The highest BCUT2D eigenvalue weighted by Crippen LogP contribution is 2.16. The molecule has 0 aliphatic heterocycles. The Hall–Kier alpha value is -1.59. The first-order chi connectivity index (χ1) is 10.1. The molecule has 2 nitrogen and oxygen atoms in total. The fourth-order valence-corrected chi connectivity index (χ4v) is 2.78. The zero-order chi connectivity index (χ0) is 14.8. The number of benzene rings is 2. The van der Waals surface area contributed by atoms with Crippen LogP contribution in [0.1, 0.15) is 10.4 Å². The number of aromatic nitrogens is 1. The predicted molar refractivity (Wildman–Crippen MR) is 82.6 cm³/mol. The lowest BCUT2D eigenvalue weighted by molar-refractivity contribution is -0.657. The summed E-state index contributed by atoms with van der Waals surface area (Å²) in [6, 6.07) is 15.5. The minimum Gasteiger partial charge on any atom is -1.00 e. The normalized spacial score (nSPS) is 10.3. The maximum absolute atomic E-state index is 12.9. The van der Waals surface area contributed by atoms with Gasteiger partial charge in [0.25, 0.3) is 0 Å². The molecule has 112 valence electrons. The topological polar surface area (TPSA) is 20.9 Å². The molecular weight excluding hydrogens is 413 g/mol. The Bertz CT molecular complexity index is 819. The number of hydrogen-bond donors (Lipinski definition) is 0. The second kappa shape index (κ2) is 7.11. The fraction of sp³-hybridized carbons (Fsp3) is 0.0588. The maximum atomic E-state index is 12.9. The monoisotopic (exact) mass is 423 g/mol. The van der Waals surface area contributed by atoms with E-state index in [9.17, 15) is 9.18 Å². The minimum absolute atomic E-state index is 0. The van der Waals surface area contributed by atoms with Crippen LogP contribution in [0, 0.1) is 5.82 Å². The van der Waals surface area contributed by atoms with Gasteiger partial charge in [-0.05, 0) is 52.3 Å². The molecule has 0 spiro atoms. The predicted octanol–water partition coefficient (Wildman–Crippen LogP) is 0.916. The van der Waals surface area contributed by atoms with Gasteiger partial charge in [-0.25, -0.2) is 4.39 Å². The van der Waals surface area contributed by atoms with Crippen molar-refractivity contribution in [2.45, 2.75) is 6.54 Å². The van der Waals surface area contributed by atoms with E-state index in [4.69, 9.17) is 0 Å². The molecule has 3 aromatic rings. The van der Waals surface area contributed by atoms with E-state index in [1.54, 1.807) is 0 Å². The zero-order valence-electron chi connectivity index (χ0n) is 11.5. The van der Waals surface area contributed by atoms with Crippen LogP contribution >= 0.6 is 15.9 Å². The summed E-state index contributed by atoms with van der Waals surface area (Å²) >= 11 is 3.46. The van der Waals surface area contributed by atoms with Gasteiger partial charge in [0.05, 0.1) is 4.47 Å². The van der Waals surface area contributed by atoms with Gasteiger partial charge in [0.1, 0.15) is 5.82 Å². The van der Waals surface area contributed by atoms with Crippen LogP contribution < -0.4 is 21.5 Å². The average molecular weight is 425 g/mol. The number of nitrogens with zero attached hydrogens (tertiary/aromatic N) is 1. The summed E-state index contributed by atoms with van der Waals surface area (Å²) < 4.78 is 15.7. The molecule has 22 heavy (non-hydrogen) atoms. The summed E-state index contributed by atoms with van der Waals surface area (Å²) in [6.07, 6.45) is 1.88. The Morgan fingerprint density at radius 2 is 1.77 bits per heavy atom. The second-order valence-electron chi connectivity index (χ2n) is 4.78. The van der Waals surface area contributed by atoms with Gasteiger partial charge in [0.15, 0.2) is 6.20 Å². The molecule has 1 aromatic heterocycles. The van der Waals surface area contributed by atoms with Crippen LogP contribution in [0.3, 0.4) is 0 Å². The molecule has 0 amide bonds. The first-order valence-electron chi connectivity index (χ1n) is 6.50. The number of halogens is 3. The number of para-hydroxylation sites is 1. The Morgan fingerprint density at radius 3 is 2.50 bits per heavy atom. The highest BCUT2D eigenvalue weighted by molar-refractivity contribution is 9.10. The van der Waals surface area contributed by atoms with E-state index >= 15 is 0 Å². The van der Waals surface area contributed by atoms with Crippen molar-refractivity contribution >= 4 is 32.6 Å². The minimum atomic E-state index is -0.341. The molecule has 0 fully saturated rings. The largest absolute Gasteiger partial charge is 1.00 e. The number of carbonyl (C=O) groups excluding carboxylic acids is 1. The molecule has 0 saturated heterocycles. The fourth-order valence-electron chi connectivity index (χ4n) is 2.29. The van der Waals surface area contributed by atoms with Crippen molar-refractivity contribution in [3.05, 3.63) is 76.6 Å². The molecule has 2 aromatic carbocycles. The third-order valence-corrected chi connectivity index (χ3v) is 3.73. The smallest absolute Gasteiger partial charge is 0.227 e. The van der Waals surface area contributed by atoms with Crippen LogP contribution in [-0.2, 0) is 6.54 Å². The summed E-state index contributed by atoms with van der Waals surface area (Å²) in [6.45, 7) is 0.214. The van der Waals surface area contributed by atoms with E-state index in [1.165, 1.54) is 24.3 Å². The quantitative estimate of drug-likeness (QED) is 0.452. The highest BCUT2D eigenvalue weighted by Gasteiger charge is 2.16.